The minimum absolute atomic E-state index is 0.0673. The van der Waals surface area contributed by atoms with Crippen LogP contribution in [0.5, 0.6) is 0 Å². The van der Waals surface area contributed by atoms with Crippen molar-refractivity contribution in [3.05, 3.63) is 47.3 Å². The van der Waals surface area contributed by atoms with E-state index in [0.717, 1.165) is 11.1 Å². The molecule has 1 aliphatic carbocycles. The van der Waals surface area contributed by atoms with Crippen molar-refractivity contribution < 1.29 is 21.6 Å². The number of benzene rings is 1. The SMILES string of the molecule is NS(=O)(=O)C1CCN(c2nnc(-c3cnc(NC4Cc5cc(F)c(F)cc5C4)nc3)o2)CC1. The molecule has 0 saturated carbocycles. The zero-order chi connectivity index (χ0) is 23.2. The molecule has 1 aliphatic heterocycles. The fourth-order valence-electron chi connectivity index (χ4n) is 4.25. The van der Waals surface area contributed by atoms with E-state index in [4.69, 9.17) is 9.56 Å². The van der Waals surface area contributed by atoms with E-state index in [0.29, 0.717) is 56.3 Å². The van der Waals surface area contributed by atoms with Crippen molar-refractivity contribution in [2.75, 3.05) is 23.3 Å². The van der Waals surface area contributed by atoms with Gasteiger partial charge in [-0.05, 0) is 48.9 Å². The highest BCUT2D eigenvalue weighted by Crippen LogP contribution is 2.27. The number of hydrogen-bond acceptors (Lipinski definition) is 9. The molecule has 1 fully saturated rings. The summed E-state index contributed by atoms with van der Waals surface area (Å²) in [4.78, 5) is 10.4. The molecular weight excluding hydrogens is 456 g/mol. The number of hydrogen-bond donors (Lipinski definition) is 2. The summed E-state index contributed by atoms with van der Waals surface area (Å²) >= 11 is 0. The van der Waals surface area contributed by atoms with E-state index in [-0.39, 0.29) is 11.9 Å². The Morgan fingerprint density at radius 1 is 1.03 bits per heavy atom. The van der Waals surface area contributed by atoms with Crippen LogP contribution in [-0.4, -0.2) is 53.0 Å². The van der Waals surface area contributed by atoms with Gasteiger partial charge in [-0.15, -0.1) is 5.10 Å². The van der Waals surface area contributed by atoms with Crippen molar-refractivity contribution in [2.45, 2.75) is 37.0 Å². The number of piperidine rings is 1. The zero-order valence-electron chi connectivity index (χ0n) is 17.4. The molecule has 3 N–H and O–H groups in total. The van der Waals surface area contributed by atoms with Gasteiger partial charge < -0.3 is 14.6 Å². The highest BCUT2D eigenvalue weighted by molar-refractivity contribution is 7.89. The molecule has 2 aromatic heterocycles. The van der Waals surface area contributed by atoms with Crippen LogP contribution in [0.3, 0.4) is 0 Å². The van der Waals surface area contributed by atoms with Crippen LogP contribution in [0.2, 0.25) is 0 Å². The summed E-state index contributed by atoms with van der Waals surface area (Å²) < 4.78 is 55.6. The van der Waals surface area contributed by atoms with Gasteiger partial charge in [0.15, 0.2) is 11.6 Å². The highest BCUT2D eigenvalue weighted by Gasteiger charge is 2.29. The van der Waals surface area contributed by atoms with E-state index in [1.807, 2.05) is 4.90 Å². The summed E-state index contributed by atoms with van der Waals surface area (Å²) in [5.41, 5.74) is 2.07. The Kier molecular flexibility index (Phi) is 5.44. The molecule has 0 atom stereocenters. The number of sulfonamides is 1. The zero-order valence-corrected chi connectivity index (χ0v) is 18.2. The summed E-state index contributed by atoms with van der Waals surface area (Å²) in [5.74, 6) is -1.07. The lowest BCUT2D eigenvalue weighted by atomic mass is 10.1. The van der Waals surface area contributed by atoms with Gasteiger partial charge in [0, 0.05) is 31.5 Å². The molecule has 10 nitrogen and oxygen atoms in total. The molecule has 1 saturated heterocycles. The topological polar surface area (TPSA) is 140 Å². The molecule has 0 bridgehead atoms. The summed E-state index contributed by atoms with van der Waals surface area (Å²) in [7, 11) is -3.55. The summed E-state index contributed by atoms with van der Waals surface area (Å²) in [6.07, 6.45) is 4.97. The predicted molar refractivity (Wildman–Crippen MR) is 115 cm³/mol. The Balaban J connectivity index is 1.21. The van der Waals surface area contributed by atoms with Gasteiger partial charge in [0.05, 0.1) is 10.8 Å². The quantitative estimate of drug-likeness (QED) is 0.561. The molecule has 0 unspecified atom stereocenters. The Bertz CT molecular complexity index is 1240. The normalized spacial score (nSPS) is 17.4. The van der Waals surface area contributed by atoms with Crippen molar-refractivity contribution in [2.24, 2.45) is 5.14 Å². The van der Waals surface area contributed by atoms with Gasteiger partial charge in [0.1, 0.15) is 0 Å². The Hall–Kier alpha value is -3.19. The number of halogens is 2. The van der Waals surface area contributed by atoms with Crippen molar-refractivity contribution in [3.63, 3.8) is 0 Å². The van der Waals surface area contributed by atoms with Crippen molar-refractivity contribution in [1.29, 1.82) is 0 Å². The standard InChI is InChI=1S/C20H21F2N7O3S/c21-16-7-11-5-14(6-12(11)8-17(16)22)26-19-24-9-13(10-25-19)18-27-28-20(32-18)29-3-1-15(2-4-29)33(23,30)31/h7-10,14-15H,1-6H2,(H2,23,30,31)(H,24,25,26). The number of aromatic nitrogens is 4. The third-order valence-electron chi connectivity index (χ3n) is 6.00. The second-order valence-corrected chi connectivity index (χ2v) is 10.1. The molecule has 0 radical (unpaired) electrons. The Morgan fingerprint density at radius 3 is 2.21 bits per heavy atom. The Morgan fingerprint density at radius 2 is 1.64 bits per heavy atom. The largest absolute Gasteiger partial charge is 0.403 e. The fraction of sp³-hybridized carbons (Fsp3) is 0.400. The van der Waals surface area contributed by atoms with Crippen LogP contribution in [0.4, 0.5) is 20.7 Å². The number of rotatable bonds is 5. The first kappa shape index (κ1) is 21.6. The van der Waals surface area contributed by atoms with E-state index >= 15 is 0 Å². The highest BCUT2D eigenvalue weighted by atomic mass is 32.2. The molecule has 174 valence electrons. The van der Waals surface area contributed by atoms with Crippen LogP contribution in [0.25, 0.3) is 11.5 Å². The third-order valence-corrected chi connectivity index (χ3v) is 7.40. The first-order valence-electron chi connectivity index (χ1n) is 10.4. The lowest BCUT2D eigenvalue weighted by Gasteiger charge is -2.29. The average molecular weight is 477 g/mol. The second-order valence-electron chi connectivity index (χ2n) is 8.25. The lowest BCUT2D eigenvalue weighted by Crippen LogP contribution is -2.41. The summed E-state index contributed by atoms with van der Waals surface area (Å²) in [6.45, 7) is 0.888. The van der Waals surface area contributed by atoms with E-state index in [9.17, 15) is 17.2 Å². The number of nitrogens with two attached hydrogens (primary N) is 1. The molecule has 5 rings (SSSR count). The van der Waals surface area contributed by atoms with E-state index in [2.05, 4.69) is 25.5 Å². The smallest absolute Gasteiger partial charge is 0.318 e. The molecule has 0 amide bonds. The number of nitrogens with one attached hydrogen (secondary N) is 1. The van der Waals surface area contributed by atoms with E-state index < -0.39 is 26.9 Å². The van der Waals surface area contributed by atoms with Crippen molar-refractivity contribution in [3.8, 4) is 11.5 Å². The first-order chi connectivity index (χ1) is 15.8. The van der Waals surface area contributed by atoms with Crippen LogP contribution in [-0.2, 0) is 22.9 Å². The number of anilines is 2. The third kappa shape index (κ3) is 4.50. The minimum Gasteiger partial charge on any atom is -0.403 e. The summed E-state index contributed by atoms with van der Waals surface area (Å²) in [5, 5.41) is 15.9. The van der Waals surface area contributed by atoms with Crippen LogP contribution in [0.1, 0.15) is 24.0 Å². The van der Waals surface area contributed by atoms with Gasteiger partial charge in [-0.25, -0.2) is 32.3 Å². The van der Waals surface area contributed by atoms with Gasteiger partial charge in [-0.2, -0.15) is 0 Å². The first-order valence-corrected chi connectivity index (χ1v) is 12.0. The van der Waals surface area contributed by atoms with E-state index in [1.165, 1.54) is 12.1 Å². The molecule has 0 spiro atoms. The maximum atomic E-state index is 13.4. The molecule has 3 aromatic rings. The van der Waals surface area contributed by atoms with Crippen LogP contribution in [0.15, 0.2) is 28.9 Å². The molecule has 3 heterocycles. The predicted octanol–water partition coefficient (Wildman–Crippen LogP) is 1.64. The Labute approximate surface area is 188 Å². The van der Waals surface area contributed by atoms with Gasteiger partial charge in [-0.3, -0.25) is 0 Å². The molecule has 1 aromatic carbocycles. The van der Waals surface area contributed by atoms with Crippen molar-refractivity contribution in [1.82, 2.24) is 20.2 Å². The van der Waals surface area contributed by atoms with Crippen molar-refractivity contribution >= 4 is 22.0 Å². The van der Waals surface area contributed by atoms with Crippen LogP contribution >= 0.6 is 0 Å². The fourth-order valence-corrected chi connectivity index (χ4v) is 5.11. The van der Waals surface area contributed by atoms with Gasteiger partial charge >= 0.3 is 6.01 Å². The van der Waals surface area contributed by atoms with Gasteiger partial charge in [-0.1, -0.05) is 5.10 Å². The maximum absolute atomic E-state index is 13.4. The average Bonchev–Trinajstić information content (AvgIpc) is 3.41. The molecule has 2 aliphatic rings. The monoisotopic (exact) mass is 477 g/mol. The molecule has 13 heteroatoms. The van der Waals surface area contributed by atoms with E-state index in [1.54, 1.807) is 12.4 Å². The van der Waals surface area contributed by atoms with Gasteiger partial charge in [0.2, 0.25) is 16.0 Å². The number of nitrogens with zero attached hydrogens (tertiary/aromatic N) is 5. The minimum atomic E-state index is -3.55. The molecule has 33 heavy (non-hydrogen) atoms. The molecular formula is C20H21F2N7O3S. The second kappa shape index (κ2) is 8.30. The number of fused-ring (bicyclic) bond motifs is 1. The van der Waals surface area contributed by atoms with Crippen LogP contribution in [0, 0.1) is 11.6 Å². The van der Waals surface area contributed by atoms with Gasteiger partial charge in [0.25, 0.3) is 5.89 Å². The number of primary sulfonamides is 1. The maximum Gasteiger partial charge on any atom is 0.318 e. The van der Waals surface area contributed by atoms with Crippen LogP contribution < -0.4 is 15.4 Å². The lowest BCUT2D eigenvalue weighted by molar-refractivity contribution is 0.487. The summed E-state index contributed by atoms with van der Waals surface area (Å²) in [6, 6.07) is 2.70.